The molecule has 1 saturated heterocycles. The van der Waals surface area contributed by atoms with Crippen LogP contribution >= 0.6 is 15.9 Å². The lowest BCUT2D eigenvalue weighted by Crippen LogP contribution is -2.37. The molecule has 0 bridgehead atoms. The van der Waals surface area contributed by atoms with E-state index >= 15 is 0 Å². The molecule has 1 fully saturated rings. The minimum atomic E-state index is -3.04. The molecule has 8 heteroatoms. The number of amides is 1. The van der Waals surface area contributed by atoms with E-state index in [9.17, 15) is 13.2 Å². The highest BCUT2D eigenvalue weighted by Gasteiger charge is 2.33. The van der Waals surface area contributed by atoms with Gasteiger partial charge in [-0.25, -0.2) is 8.42 Å². The maximum atomic E-state index is 12.5. The molecule has 1 aromatic heterocycles. The second-order valence-corrected chi connectivity index (χ2v) is 9.13. The zero-order chi connectivity index (χ0) is 18.0. The molecule has 1 unspecified atom stereocenters. The van der Waals surface area contributed by atoms with Gasteiger partial charge < -0.3 is 14.1 Å². The lowest BCUT2D eigenvalue weighted by atomic mass is 10.2. The summed E-state index contributed by atoms with van der Waals surface area (Å²) < 4.78 is 35.3. The average molecular weight is 428 g/mol. The van der Waals surface area contributed by atoms with Crippen LogP contribution in [0.3, 0.4) is 0 Å². The van der Waals surface area contributed by atoms with E-state index in [0.717, 1.165) is 4.47 Å². The summed E-state index contributed by atoms with van der Waals surface area (Å²) in [7, 11) is -1.44. The number of halogens is 1. The van der Waals surface area contributed by atoms with Gasteiger partial charge in [-0.15, -0.1) is 0 Å². The van der Waals surface area contributed by atoms with Crippen molar-refractivity contribution in [2.24, 2.45) is 0 Å². The molecule has 134 valence electrons. The van der Waals surface area contributed by atoms with Gasteiger partial charge in [0, 0.05) is 17.6 Å². The van der Waals surface area contributed by atoms with Gasteiger partial charge in [-0.05, 0) is 42.8 Å². The number of nitrogens with zero attached hydrogens (tertiary/aromatic N) is 1. The summed E-state index contributed by atoms with van der Waals surface area (Å²) in [5, 5.41) is 0. The Balaban J connectivity index is 1.60. The van der Waals surface area contributed by atoms with E-state index in [2.05, 4.69) is 15.9 Å². The quantitative estimate of drug-likeness (QED) is 0.732. The van der Waals surface area contributed by atoms with E-state index in [1.54, 1.807) is 19.2 Å². The minimum absolute atomic E-state index is 0.00941. The smallest absolute Gasteiger partial charge is 0.289 e. The molecule has 25 heavy (non-hydrogen) atoms. The van der Waals surface area contributed by atoms with Gasteiger partial charge in [0.25, 0.3) is 5.91 Å². The lowest BCUT2D eigenvalue weighted by molar-refractivity contribution is 0.0711. The first-order valence-corrected chi connectivity index (χ1v) is 10.4. The van der Waals surface area contributed by atoms with Crippen LogP contribution in [0.25, 0.3) is 0 Å². The van der Waals surface area contributed by atoms with Crippen LogP contribution in [-0.2, 0) is 16.4 Å². The number of furan rings is 1. The third-order valence-corrected chi connectivity index (χ3v) is 6.42. The summed E-state index contributed by atoms with van der Waals surface area (Å²) in [6.07, 6.45) is 0.463. The molecular formula is C17H18BrNO5S. The van der Waals surface area contributed by atoms with Crippen LogP contribution in [0.2, 0.25) is 0 Å². The SMILES string of the molecule is CN(C(=O)c1ccc(COc2ccc(Br)cc2)o1)C1CCS(=O)(=O)C1. The second kappa shape index (κ2) is 7.21. The second-order valence-electron chi connectivity index (χ2n) is 5.98. The minimum Gasteiger partial charge on any atom is -0.486 e. The normalized spacial score (nSPS) is 18.9. The summed E-state index contributed by atoms with van der Waals surface area (Å²) in [5.41, 5.74) is 0. The van der Waals surface area contributed by atoms with Crippen LogP contribution in [0.4, 0.5) is 0 Å². The molecule has 0 N–H and O–H groups in total. The molecule has 0 spiro atoms. The number of sulfone groups is 1. The van der Waals surface area contributed by atoms with E-state index in [4.69, 9.17) is 9.15 Å². The highest BCUT2D eigenvalue weighted by molar-refractivity contribution is 9.10. The molecule has 6 nitrogen and oxygen atoms in total. The van der Waals surface area contributed by atoms with Crippen molar-refractivity contribution in [2.45, 2.75) is 19.1 Å². The Labute approximate surface area is 154 Å². The number of benzene rings is 1. The van der Waals surface area contributed by atoms with E-state index < -0.39 is 9.84 Å². The summed E-state index contributed by atoms with van der Waals surface area (Å²) in [6.45, 7) is 0.205. The molecule has 1 aromatic carbocycles. The molecule has 2 heterocycles. The number of hydrogen-bond donors (Lipinski definition) is 0. The maximum Gasteiger partial charge on any atom is 0.289 e. The molecule has 0 aliphatic carbocycles. The summed E-state index contributed by atoms with van der Waals surface area (Å²) in [4.78, 5) is 13.9. The van der Waals surface area contributed by atoms with Gasteiger partial charge >= 0.3 is 0 Å². The predicted octanol–water partition coefficient (Wildman–Crippen LogP) is 2.88. The van der Waals surface area contributed by atoms with Crippen molar-refractivity contribution >= 4 is 31.7 Å². The Morgan fingerprint density at radius 3 is 2.64 bits per heavy atom. The number of carbonyl (C=O) groups is 1. The van der Waals surface area contributed by atoms with Crippen LogP contribution in [0.1, 0.15) is 22.7 Å². The third kappa shape index (κ3) is 4.43. The van der Waals surface area contributed by atoms with Crippen molar-refractivity contribution in [2.75, 3.05) is 18.6 Å². The molecule has 0 radical (unpaired) electrons. The zero-order valence-corrected chi connectivity index (χ0v) is 16.0. The van der Waals surface area contributed by atoms with E-state index in [-0.39, 0.29) is 35.8 Å². The van der Waals surface area contributed by atoms with Crippen LogP contribution < -0.4 is 4.74 Å². The Kier molecular flexibility index (Phi) is 5.19. The first-order chi connectivity index (χ1) is 11.8. The number of hydrogen-bond acceptors (Lipinski definition) is 5. The third-order valence-electron chi connectivity index (χ3n) is 4.14. The molecule has 2 aromatic rings. The summed E-state index contributed by atoms with van der Waals surface area (Å²) in [6, 6.07) is 10.4. The van der Waals surface area contributed by atoms with Gasteiger partial charge in [0.15, 0.2) is 15.6 Å². The van der Waals surface area contributed by atoms with Crippen molar-refractivity contribution in [1.82, 2.24) is 4.90 Å². The van der Waals surface area contributed by atoms with Gasteiger partial charge in [0.2, 0.25) is 0 Å². The van der Waals surface area contributed by atoms with Crippen LogP contribution in [-0.4, -0.2) is 43.8 Å². The van der Waals surface area contributed by atoms with Crippen molar-refractivity contribution in [3.8, 4) is 5.75 Å². The highest BCUT2D eigenvalue weighted by Crippen LogP contribution is 2.21. The molecule has 1 amide bonds. The van der Waals surface area contributed by atoms with Crippen molar-refractivity contribution in [3.63, 3.8) is 0 Å². The first kappa shape index (κ1) is 18.0. The fourth-order valence-corrected chi connectivity index (χ4v) is 4.71. The highest BCUT2D eigenvalue weighted by atomic mass is 79.9. The van der Waals surface area contributed by atoms with E-state index in [1.165, 1.54) is 4.90 Å². The van der Waals surface area contributed by atoms with Gasteiger partial charge in [-0.1, -0.05) is 15.9 Å². The molecular weight excluding hydrogens is 410 g/mol. The molecule has 1 aliphatic rings. The number of rotatable bonds is 5. The Bertz CT molecular complexity index is 859. The Morgan fingerprint density at radius 2 is 2.00 bits per heavy atom. The van der Waals surface area contributed by atoms with Crippen LogP contribution in [0.15, 0.2) is 45.3 Å². The van der Waals surface area contributed by atoms with Crippen molar-refractivity contribution < 1.29 is 22.4 Å². The standard InChI is InChI=1S/C17H18BrNO5S/c1-19(13-8-9-25(21,22)11-13)17(20)16-7-6-15(24-16)10-23-14-4-2-12(18)3-5-14/h2-7,13H,8-11H2,1H3. The Morgan fingerprint density at radius 1 is 1.28 bits per heavy atom. The summed E-state index contributed by atoms with van der Waals surface area (Å²) in [5.74, 6) is 1.22. The van der Waals surface area contributed by atoms with Crippen molar-refractivity contribution in [1.29, 1.82) is 0 Å². The number of ether oxygens (including phenoxy) is 1. The van der Waals surface area contributed by atoms with Crippen molar-refractivity contribution in [3.05, 3.63) is 52.4 Å². The number of carbonyl (C=O) groups excluding carboxylic acids is 1. The summed E-state index contributed by atoms with van der Waals surface area (Å²) >= 11 is 3.36. The molecule has 3 rings (SSSR count). The van der Waals surface area contributed by atoms with Gasteiger partial charge in [-0.2, -0.15) is 0 Å². The van der Waals surface area contributed by atoms with Gasteiger partial charge in [0.05, 0.1) is 11.5 Å². The zero-order valence-electron chi connectivity index (χ0n) is 13.6. The topological polar surface area (TPSA) is 76.8 Å². The van der Waals surface area contributed by atoms with E-state index in [1.807, 2.05) is 24.3 Å². The van der Waals surface area contributed by atoms with Gasteiger partial charge in [-0.3, -0.25) is 4.79 Å². The monoisotopic (exact) mass is 427 g/mol. The fourth-order valence-electron chi connectivity index (χ4n) is 2.68. The molecule has 0 saturated carbocycles. The first-order valence-electron chi connectivity index (χ1n) is 7.79. The maximum absolute atomic E-state index is 12.5. The molecule has 1 atom stereocenters. The largest absolute Gasteiger partial charge is 0.486 e. The van der Waals surface area contributed by atoms with Crippen LogP contribution in [0.5, 0.6) is 5.75 Å². The average Bonchev–Trinajstić information content (AvgIpc) is 3.19. The predicted molar refractivity (Wildman–Crippen MR) is 96.3 cm³/mol. The van der Waals surface area contributed by atoms with E-state index in [0.29, 0.717) is 17.9 Å². The van der Waals surface area contributed by atoms with Gasteiger partial charge in [0.1, 0.15) is 18.1 Å². The Hall–Kier alpha value is -1.80. The molecule has 1 aliphatic heterocycles. The fraction of sp³-hybridized carbons (Fsp3) is 0.353. The lowest BCUT2D eigenvalue weighted by Gasteiger charge is -2.22. The van der Waals surface area contributed by atoms with Crippen LogP contribution in [0, 0.1) is 0 Å².